The van der Waals surface area contributed by atoms with E-state index in [1.165, 1.54) is 38.5 Å². The summed E-state index contributed by atoms with van der Waals surface area (Å²) in [6, 6.07) is 2.13. The summed E-state index contributed by atoms with van der Waals surface area (Å²) in [5.74, 6) is 1.38. The summed E-state index contributed by atoms with van der Waals surface area (Å²) < 4.78 is 11.1. The minimum absolute atomic E-state index is 0.238. The molecule has 2 saturated heterocycles. The fourth-order valence-corrected chi connectivity index (χ4v) is 4.74. The van der Waals surface area contributed by atoms with Crippen molar-refractivity contribution in [2.75, 3.05) is 51.4 Å². The second kappa shape index (κ2) is 8.63. The maximum absolute atomic E-state index is 5.61. The van der Waals surface area contributed by atoms with Crippen molar-refractivity contribution in [2.24, 2.45) is 0 Å². The van der Waals surface area contributed by atoms with Gasteiger partial charge < -0.3 is 14.8 Å². The van der Waals surface area contributed by atoms with Crippen LogP contribution in [-0.4, -0.2) is 66.5 Å². The van der Waals surface area contributed by atoms with Crippen LogP contribution in [-0.2, 0) is 9.47 Å². The number of rotatable bonds is 5. The number of nitrogens with one attached hydrogen (secondary N) is 1. The Morgan fingerprint density at radius 3 is 2.58 bits per heavy atom. The van der Waals surface area contributed by atoms with Crippen LogP contribution < -0.4 is 5.32 Å². The standard InChI is InChI=1S/C20H32N4O2/c1-2-4-7-20(6-3-1,24-8-11-25-12-9-24)15-21-19-13-18(22-16-23-19)17-5-10-26-14-17/h13,16-17H,1-12,14-15H2,(H,21,22,23). The van der Waals surface area contributed by atoms with Crippen molar-refractivity contribution in [3.05, 3.63) is 18.1 Å². The van der Waals surface area contributed by atoms with Crippen LogP contribution >= 0.6 is 0 Å². The third-order valence-corrected chi connectivity index (χ3v) is 6.35. The number of nitrogens with zero attached hydrogens (tertiary/aromatic N) is 3. The van der Waals surface area contributed by atoms with Gasteiger partial charge in [0.15, 0.2) is 0 Å². The van der Waals surface area contributed by atoms with E-state index in [2.05, 4.69) is 26.3 Å². The van der Waals surface area contributed by atoms with Crippen molar-refractivity contribution in [3.63, 3.8) is 0 Å². The molecule has 1 aromatic rings. The fraction of sp³-hybridized carbons (Fsp3) is 0.800. The molecule has 26 heavy (non-hydrogen) atoms. The zero-order chi connectivity index (χ0) is 17.7. The molecule has 6 nitrogen and oxygen atoms in total. The van der Waals surface area contributed by atoms with Crippen LogP contribution in [0.1, 0.15) is 56.6 Å². The molecule has 0 amide bonds. The SMILES string of the molecule is c1nc(NCC2(N3CCOCC3)CCCCCC2)cc(C2CCOC2)n1. The molecular weight excluding hydrogens is 328 g/mol. The lowest BCUT2D eigenvalue weighted by Crippen LogP contribution is -2.56. The summed E-state index contributed by atoms with van der Waals surface area (Å²) in [5, 5.41) is 3.67. The molecule has 1 N–H and O–H groups in total. The normalized spacial score (nSPS) is 27.2. The third kappa shape index (κ3) is 4.18. The maximum Gasteiger partial charge on any atom is 0.129 e. The molecule has 1 atom stereocenters. The topological polar surface area (TPSA) is 59.5 Å². The van der Waals surface area contributed by atoms with Gasteiger partial charge in [-0.05, 0) is 19.3 Å². The van der Waals surface area contributed by atoms with Gasteiger partial charge in [0.1, 0.15) is 12.1 Å². The van der Waals surface area contributed by atoms with Crippen LogP contribution in [0.4, 0.5) is 5.82 Å². The lowest BCUT2D eigenvalue weighted by atomic mass is 9.87. The number of morpholine rings is 1. The van der Waals surface area contributed by atoms with Crippen LogP contribution in [0.2, 0.25) is 0 Å². The van der Waals surface area contributed by atoms with Gasteiger partial charge in [-0.3, -0.25) is 4.90 Å². The van der Waals surface area contributed by atoms with Crippen molar-refractivity contribution in [2.45, 2.75) is 56.4 Å². The van der Waals surface area contributed by atoms with Crippen LogP contribution in [0, 0.1) is 0 Å². The molecule has 3 heterocycles. The summed E-state index contributed by atoms with van der Waals surface area (Å²) >= 11 is 0. The highest BCUT2D eigenvalue weighted by Gasteiger charge is 2.37. The van der Waals surface area contributed by atoms with Crippen LogP contribution in [0.15, 0.2) is 12.4 Å². The van der Waals surface area contributed by atoms with Crippen molar-refractivity contribution in [3.8, 4) is 0 Å². The van der Waals surface area contributed by atoms with E-state index >= 15 is 0 Å². The molecule has 0 radical (unpaired) electrons. The molecular formula is C20H32N4O2. The second-order valence-electron chi connectivity index (χ2n) is 7.98. The maximum atomic E-state index is 5.61. The van der Waals surface area contributed by atoms with E-state index in [9.17, 15) is 0 Å². The first-order valence-electron chi connectivity index (χ1n) is 10.3. The zero-order valence-electron chi connectivity index (χ0n) is 15.8. The molecule has 1 unspecified atom stereocenters. The molecule has 4 rings (SSSR count). The Balaban J connectivity index is 1.46. The highest BCUT2D eigenvalue weighted by Crippen LogP contribution is 2.34. The van der Waals surface area contributed by atoms with Gasteiger partial charge >= 0.3 is 0 Å². The first-order chi connectivity index (χ1) is 12.9. The van der Waals surface area contributed by atoms with Crippen LogP contribution in [0.3, 0.4) is 0 Å². The molecule has 1 aliphatic carbocycles. The lowest BCUT2D eigenvalue weighted by molar-refractivity contribution is -0.0240. The van der Waals surface area contributed by atoms with Gasteiger partial charge in [-0.1, -0.05) is 25.7 Å². The Morgan fingerprint density at radius 2 is 1.85 bits per heavy atom. The highest BCUT2D eigenvalue weighted by atomic mass is 16.5. The molecule has 0 aromatic carbocycles. The van der Waals surface area contributed by atoms with E-state index < -0.39 is 0 Å². The van der Waals surface area contributed by atoms with Gasteiger partial charge in [-0.2, -0.15) is 0 Å². The summed E-state index contributed by atoms with van der Waals surface area (Å²) in [6.07, 6.45) is 10.7. The third-order valence-electron chi connectivity index (χ3n) is 6.35. The molecule has 3 aliphatic rings. The Kier molecular flexibility index (Phi) is 6.02. The minimum atomic E-state index is 0.238. The second-order valence-corrected chi connectivity index (χ2v) is 7.98. The van der Waals surface area contributed by atoms with E-state index in [0.717, 1.165) is 64.0 Å². The molecule has 1 aromatic heterocycles. The molecule has 144 valence electrons. The molecule has 3 fully saturated rings. The summed E-state index contributed by atoms with van der Waals surface area (Å²) in [7, 11) is 0. The van der Waals surface area contributed by atoms with E-state index in [-0.39, 0.29) is 5.54 Å². The van der Waals surface area contributed by atoms with Gasteiger partial charge in [0.2, 0.25) is 0 Å². The van der Waals surface area contributed by atoms with E-state index in [1.807, 2.05) is 0 Å². The number of anilines is 1. The summed E-state index contributed by atoms with van der Waals surface area (Å²) in [6.45, 7) is 6.42. The van der Waals surface area contributed by atoms with Crippen molar-refractivity contribution < 1.29 is 9.47 Å². The monoisotopic (exact) mass is 360 g/mol. The number of hydrogen-bond donors (Lipinski definition) is 1. The predicted molar refractivity (Wildman–Crippen MR) is 102 cm³/mol. The smallest absolute Gasteiger partial charge is 0.129 e. The van der Waals surface area contributed by atoms with Gasteiger partial charge in [0, 0.05) is 43.8 Å². The Hall–Kier alpha value is -1.24. The molecule has 1 saturated carbocycles. The lowest BCUT2D eigenvalue weighted by Gasteiger charge is -2.46. The van der Waals surface area contributed by atoms with Crippen LogP contribution in [0.25, 0.3) is 0 Å². The Morgan fingerprint density at radius 1 is 1.04 bits per heavy atom. The number of ether oxygens (including phenoxy) is 2. The summed E-state index contributed by atoms with van der Waals surface area (Å²) in [4.78, 5) is 11.7. The highest BCUT2D eigenvalue weighted by molar-refractivity contribution is 5.36. The van der Waals surface area contributed by atoms with Crippen molar-refractivity contribution in [1.29, 1.82) is 0 Å². The average Bonchev–Trinajstić information content (AvgIpc) is 3.13. The Labute approximate surface area is 156 Å². The van der Waals surface area contributed by atoms with Gasteiger partial charge in [0.05, 0.1) is 25.5 Å². The zero-order valence-corrected chi connectivity index (χ0v) is 15.8. The number of aromatic nitrogens is 2. The van der Waals surface area contributed by atoms with E-state index in [1.54, 1.807) is 6.33 Å². The molecule has 6 heteroatoms. The first kappa shape index (κ1) is 18.1. The largest absolute Gasteiger partial charge is 0.381 e. The van der Waals surface area contributed by atoms with Crippen molar-refractivity contribution in [1.82, 2.24) is 14.9 Å². The van der Waals surface area contributed by atoms with Gasteiger partial charge in [-0.15, -0.1) is 0 Å². The van der Waals surface area contributed by atoms with Crippen LogP contribution in [0.5, 0.6) is 0 Å². The van der Waals surface area contributed by atoms with Gasteiger partial charge in [-0.25, -0.2) is 9.97 Å². The minimum Gasteiger partial charge on any atom is -0.381 e. The quantitative estimate of drug-likeness (QED) is 0.815. The number of hydrogen-bond acceptors (Lipinski definition) is 6. The molecule has 0 spiro atoms. The fourth-order valence-electron chi connectivity index (χ4n) is 4.74. The van der Waals surface area contributed by atoms with Crippen molar-refractivity contribution >= 4 is 5.82 Å². The first-order valence-corrected chi connectivity index (χ1v) is 10.3. The predicted octanol–water partition coefficient (Wildman–Crippen LogP) is 2.82. The Bertz CT molecular complexity index is 563. The van der Waals surface area contributed by atoms with E-state index in [4.69, 9.17) is 9.47 Å². The van der Waals surface area contributed by atoms with Gasteiger partial charge in [0.25, 0.3) is 0 Å². The molecule has 0 bridgehead atoms. The summed E-state index contributed by atoms with van der Waals surface area (Å²) in [5.41, 5.74) is 1.35. The average molecular weight is 361 g/mol. The van der Waals surface area contributed by atoms with E-state index in [0.29, 0.717) is 5.92 Å². The molecule has 2 aliphatic heterocycles.